The fourth-order valence-corrected chi connectivity index (χ4v) is 3.56. The molecule has 1 saturated carbocycles. The minimum atomic E-state index is 0.108. The van der Waals surface area contributed by atoms with Crippen LogP contribution in [0.2, 0.25) is 0 Å². The molecule has 0 aromatic carbocycles. The highest BCUT2D eigenvalue weighted by Gasteiger charge is 2.18. The minimum absolute atomic E-state index is 0.108. The van der Waals surface area contributed by atoms with Crippen LogP contribution in [-0.2, 0) is 4.74 Å². The maximum Gasteiger partial charge on any atom is 0.104 e. The molecule has 1 atom stereocenters. The van der Waals surface area contributed by atoms with Crippen molar-refractivity contribution in [2.45, 2.75) is 45.1 Å². The topological polar surface area (TPSA) is 35.2 Å². The van der Waals surface area contributed by atoms with Crippen LogP contribution in [-0.4, -0.2) is 13.2 Å². The molecule has 1 heterocycles. The molecule has 0 saturated heterocycles. The lowest BCUT2D eigenvalue weighted by molar-refractivity contribution is 0.0263. The molecule has 3 heteroatoms. The Balaban J connectivity index is 1.85. The standard InChI is InChI=1S/C14H23NOS/c1-11-7-8-17-14(11)13(9-15)16-10-12-5-3-2-4-6-12/h7-8,12-13H,2-6,9-10,15H2,1H3. The van der Waals surface area contributed by atoms with E-state index in [1.165, 1.54) is 42.5 Å². The van der Waals surface area contributed by atoms with Crippen LogP contribution in [0.1, 0.15) is 48.6 Å². The average Bonchev–Trinajstić information content (AvgIpc) is 2.78. The van der Waals surface area contributed by atoms with E-state index in [0.717, 1.165) is 12.5 Å². The Labute approximate surface area is 108 Å². The fourth-order valence-electron chi connectivity index (χ4n) is 2.57. The number of aryl methyl sites for hydroxylation is 1. The Morgan fingerprint density at radius 3 is 2.76 bits per heavy atom. The first kappa shape index (κ1) is 13.1. The van der Waals surface area contributed by atoms with Gasteiger partial charge in [0.15, 0.2) is 0 Å². The quantitative estimate of drug-likeness (QED) is 0.869. The number of hydrogen-bond donors (Lipinski definition) is 1. The fraction of sp³-hybridized carbons (Fsp3) is 0.714. The second-order valence-corrected chi connectivity index (χ2v) is 5.98. The highest BCUT2D eigenvalue weighted by molar-refractivity contribution is 7.10. The summed E-state index contributed by atoms with van der Waals surface area (Å²) < 4.78 is 6.04. The molecular formula is C14H23NOS. The first-order valence-electron chi connectivity index (χ1n) is 6.67. The van der Waals surface area contributed by atoms with Crippen molar-refractivity contribution in [3.63, 3.8) is 0 Å². The van der Waals surface area contributed by atoms with Crippen LogP contribution in [0.25, 0.3) is 0 Å². The number of nitrogens with two attached hydrogens (primary N) is 1. The van der Waals surface area contributed by atoms with Gasteiger partial charge in [0.05, 0.1) is 6.61 Å². The molecular weight excluding hydrogens is 230 g/mol. The van der Waals surface area contributed by atoms with Crippen molar-refractivity contribution < 1.29 is 4.74 Å². The highest BCUT2D eigenvalue weighted by atomic mass is 32.1. The van der Waals surface area contributed by atoms with Crippen molar-refractivity contribution in [2.24, 2.45) is 11.7 Å². The van der Waals surface area contributed by atoms with Gasteiger partial charge in [-0.3, -0.25) is 0 Å². The zero-order valence-electron chi connectivity index (χ0n) is 10.7. The van der Waals surface area contributed by atoms with Crippen LogP contribution >= 0.6 is 11.3 Å². The summed E-state index contributed by atoms with van der Waals surface area (Å²) in [5.74, 6) is 0.762. The summed E-state index contributed by atoms with van der Waals surface area (Å²) in [6.45, 7) is 3.62. The van der Waals surface area contributed by atoms with Gasteiger partial charge in [-0.05, 0) is 42.7 Å². The van der Waals surface area contributed by atoms with E-state index < -0.39 is 0 Å². The number of thiophene rings is 1. The van der Waals surface area contributed by atoms with E-state index in [2.05, 4.69) is 18.4 Å². The van der Waals surface area contributed by atoms with E-state index in [4.69, 9.17) is 10.5 Å². The molecule has 1 unspecified atom stereocenters. The van der Waals surface area contributed by atoms with Crippen LogP contribution in [0, 0.1) is 12.8 Å². The van der Waals surface area contributed by atoms with Crippen LogP contribution in [0.3, 0.4) is 0 Å². The molecule has 0 spiro atoms. The zero-order valence-corrected chi connectivity index (χ0v) is 11.5. The molecule has 96 valence electrons. The summed E-state index contributed by atoms with van der Waals surface area (Å²) in [5.41, 5.74) is 7.14. The molecule has 2 rings (SSSR count). The summed E-state index contributed by atoms with van der Waals surface area (Å²) in [5, 5.41) is 2.12. The van der Waals surface area contributed by atoms with Crippen molar-refractivity contribution >= 4 is 11.3 Å². The number of hydrogen-bond acceptors (Lipinski definition) is 3. The molecule has 2 N–H and O–H groups in total. The van der Waals surface area contributed by atoms with Gasteiger partial charge in [0.1, 0.15) is 6.10 Å². The van der Waals surface area contributed by atoms with Crippen molar-refractivity contribution in [1.82, 2.24) is 0 Å². The predicted molar refractivity (Wildman–Crippen MR) is 73.4 cm³/mol. The summed E-state index contributed by atoms with van der Waals surface area (Å²) in [6, 6.07) is 2.15. The zero-order chi connectivity index (χ0) is 12.1. The molecule has 1 aromatic heterocycles. The summed E-state index contributed by atoms with van der Waals surface area (Å²) in [7, 11) is 0. The molecule has 0 amide bonds. The predicted octanol–water partition coefficient (Wildman–Crippen LogP) is 3.65. The Bertz CT molecular complexity index is 331. The van der Waals surface area contributed by atoms with Gasteiger partial charge < -0.3 is 10.5 Å². The van der Waals surface area contributed by atoms with Gasteiger partial charge in [-0.1, -0.05) is 19.3 Å². The Kier molecular flexibility index (Phi) is 5.01. The van der Waals surface area contributed by atoms with E-state index in [-0.39, 0.29) is 6.10 Å². The van der Waals surface area contributed by atoms with Crippen molar-refractivity contribution in [3.8, 4) is 0 Å². The van der Waals surface area contributed by atoms with Crippen LogP contribution in [0.15, 0.2) is 11.4 Å². The molecule has 0 radical (unpaired) electrons. The smallest absolute Gasteiger partial charge is 0.104 e. The Hall–Kier alpha value is -0.380. The second-order valence-electron chi connectivity index (χ2n) is 5.03. The van der Waals surface area contributed by atoms with Gasteiger partial charge in [-0.15, -0.1) is 11.3 Å². The SMILES string of the molecule is Cc1ccsc1C(CN)OCC1CCCCC1. The van der Waals surface area contributed by atoms with Gasteiger partial charge in [0, 0.05) is 11.4 Å². The number of rotatable bonds is 5. The van der Waals surface area contributed by atoms with Crippen LogP contribution in [0.5, 0.6) is 0 Å². The number of ether oxygens (including phenoxy) is 1. The van der Waals surface area contributed by atoms with Gasteiger partial charge >= 0.3 is 0 Å². The molecule has 1 aliphatic carbocycles. The largest absolute Gasteiger partial charge is 0.371 e. The molecule has 0 bridgehead atoms. The molecule has 0 aliphatic heterocycles. The average molecular weight is 253 g/mol. The minimum Gasteiger partial charge on any atom is -0.371 e. The third kappa shape index (κ3) is 3.54. The van der Waals surface area contributed by atoms with E-state index >= 15 is 0 Å². The van der Waals surface area contributed by atoms with Crippen molar-refractivity contribution in [1.29, 1.82) is 0 Å². The summed E-state index contributed by atoms with van der Waals surface area (Å²) >= 11 is 1.76. The molecule has 1 aromatic rings. The summed E-state index contributed by atoms with van der Waals surface area (Å²) in [4.78, 5) is 1.31. The van der Waals surface area contributed by atoms with E-state index in [1.807, 2.05) is 0 Å². The third-order valence-corrected chi connectivity index (χ3v) is 4.78. The van der Waals surface area contributed by atoms with E-state index in [9.17, 15) is 0 Å². The highest BCUT2D eigenvalue weighted by Crippen LogP contribution is 2.29. The Morgan fingerprint density at radius 2 is 2.18 bits per heavy atom. The van der Waals surface area contributed by atoms with Crippen molar-refractivity contribution in [2.75, 3.05) is 13.2 Å². The monoisotopic (exact) mass is 253 g/mol. The molecule has 1 aliphatic rings. The van der Waals surface area contributed by atoms with Gasteiger partial charge in [0.2, 0.25) is 0 Å². The maximum atomic E-state index is 6.04. The lowest BCUT2D eigenvalue weighted by Crippen LogP contribution is -2.20. The summed E-state index contributed by atoms with van der Waals surface area (Å²) in [6.07, 6.45) is 6.93. The molecule has 17 heavy (non-hydrogen) atoms. The second kappa shape index (κ2) is 6.53. The van der Waals surface area contributed by atoms with Gasteiger partial charge in [-0.25, -0.2) is 0 Å². The Morgan fingerprint density at radius 1 is 1.41 bits per heavy atom. The van der Waals surface area contributed by atoms with E-state index in [0.29, 0.717) is 6.54 Å². The molecule has 1 fully saturated rings. The van der Waals surface area contributed by atoms with Gasteiger partial charge in [0.25, 0.3) is 0 Å². The normalized spacial score (nSPS) is 19.4. The molecule has 2 nitrogen and oxygen atoms in total. The lowest BCUT2D eigenvalue weighted by Gasteiger charge is -2.24. The maximum absolute atomic E-state index is 6.04. The van der Waals surface area contributed by atoms with E-state index in [1.54, 1.807) is 11.3 Å². The third-order valence-electron chi connectivity index (χ3n) is 3.67. The van der Waals surface area contributed by atoms with Crippen LogP contribution < -0.4 is 5.73 Å². The first-order chi connectivity index (χ1) is 8.31. The van der Waals surface area contributed by atoms with Gasteiger partial charge in [-0.2, -0.15) is 0 Å². The lowest BCUT2D eigenvalue weighted by atomic mass is 9.90. The van der Waals surface area contributed by atoms with Crippen LogP contribution in [0.4, 0.5) is 0 Å². The van der Waals surface area contributed by atoms with Crippen molar-refractivity contribution in [3.05, 3.63) is 21.9 Å². The first-order valence-corrected chi connectivity index (χ1v) is 7.55.